The maximum atomic E-state index is 11.2. The lowest BCUT2D eigenvalue weighted by atomic mass is 10.0. The molecule has 3 aromatic carbocycles. The van der Waals surface area contributed by atoms with Crippen LogP contribution < -0.4 is 5.76 Å². The van der Waals surface area contributed by atoms with Gasteiger partial charge in [-0.1, -0.05) is 64.9 Å². The normalized spacial score (nSPS) is 11.1. The van der Waals surface area contributed by atoms with Crippen LogP contribution in [0.1, 0.15) is 0 Å². The molecule has 0 bridgehead atoms. The van der Waals surface area contributed by atoms with Gasteiger partial charge in [0.15, 0.2) is 11.6 Å². The van der Waals surface area contributed by atoms with E-state index in [1.54, 1.807) is 6.07 Å². The highest BCUT2D eigenvalue weighted by atomic mass is 16.5. The molecule has 6 nitrogen and oxygen atoms in total. The van der Waals surface area contributed by atoms with Gasteiger partial charge in [0, 0.05) is 11.1 Å². The molecule has 0 radical (unpaired) electrons. The molecule has 0 fully saturated rings. The summed E-state index contributed by atoms with van der Waals surface area (Å²) in [4.78, 5) is 13.7. The zero-order valence-electron chi connectivity index (χ0n) is 14.0. The van der Waals surface area contributed by atoms with E-state index < -0.39 is 5.76 Å². The number of benzene rings is 3. The molecule has 0 spiro atoms. The van der Waals surface area contributed by atoms with Crippen molar-refractivity contribution < 1.29 is 9.05 Å². The van der Waals surface area contributed by atoms with Crippen LogP contribution in [0, 0.1) is 0 Å². The van der Waals surface area contributed by atoms with E-state index in [9.17, 15) is 4.79 Å². The van der Waals surface area contributed by atoms with Crippen molar-refractivity contribution in [3.63, 3.8) is 0 Å². The Balaban J connectivity index is 1.57. The van der Waals surface area contributed by atoms with Gasteiger partial charge in [0.25, 0.3) is 0 Å². The number of aromatic amines is 1. The van der Waals surface area contributed by atoms with E-state index in [1.165, 1.54) is 0 Å². The Hall–Kier alpha value is -3.93. The highest BCUT2D eigenvalue weighted by molar-refractivity contribution is 5.94. The van der Waals surface area contributed by atoms with E-state index >= 15 is 0 Å². The second-order valence-corrected chi connectivity index (χ2v) is 6.13. The zero-order chi connectivity index (χ0) is 18.2. The Morgan fingerprint density at radius 1 is 0.704 bits per heavy atom. The van der Waals surface area contributed by atoms with E-state index in [0.717, 1.165) is 33.2 Å². The second kappa shape index (κ2) is 6.10. The fourth-order valence-electron chi connectivity index (χ4n) is 3.10. The third-order valence-electron chi connectivity index (χ3n) is 4.44. The fraction of sp³-hybridized carbons (Fsp3) is 0. The zero-order valence-corrected chi connectivity index (χ0v) is 14.0. The molecule has 5 rings (SSSR count). The van der Waals surface area contributed by atoms with E-state index in [0.29, 0.717) is 11.6 Å². The van der Waals surface area contributed by atoms with Gasteiger partial charge in [0.2, 0.25) is 0 Å². The van der Waals surface area contributed by atoms with Crippen LogP contribution in [-0.4, -0.2) is 15.3 Å². The smallest absolute Gasteiger partial charge is 0.355 e. The molecular weight excluding hydrogens is 342 g/mol. The molecule has 27 heavy (non-hydrogen) atoms. The molecule has 2 heterocycles. The first-order chi connectivity index (χ1) is 13.3. The Morgan fingerprint density at radius 3 is 2.15 bits per heavy atom. The van der Waals surface area contributed by atoms with E-state index in [-0.39, 0.29) is 0 Å². The second-order valence-electron chi connectivity index (χ2n) is 6.13. The maximum absolute atomic E-state index is 11.2. The summed E-state index contributed by atoms with van der Waals surface area (Å²) in [6, 6.07) is 23.8. The molecule has 0 aliphatic heterocycles. The van der Waals surface area contributed by atoms with E-state index in [2.05, 4.69) is 44.1 Å². The lowest BCUT2D eigenvalue weighted by Gasteiger charge is -2.03. The van der Waals surface area contributed by atoms with Crippen LogP contribution in [0.5, 0.6) is 0 Å². The predicted octanol–water partition coefficient (Wildman–Crippen LogP) is 4.51. The number of nitrogens with zero attached hydrogens (tertiary/aromatic N) is 2. The van der Waals surface area contributed by atoms with E-state index in [1.807, 2.05) is 42.5 Å². The first-order valence-corrected chi connectivity index (χ1v) is 8.39. The molecule has 0 amide bonds. The van der Waals surface area contributed by atoms with Crippen molar-refractivity contribution in [1.29, 1.82) is 0 Å². The standard InChI is InChI=1S/C21H13N3O3/c25-21-22-20(24-27-21)16-10-11-18-17(12-16)19(26-23-18)15-8-6-14(7-9-15)13-4-2-1-3-5-13/h1-12H,(H,22,24,25). The highest BCUT2D eigenvalue weighted by Gasteiger charge is 2.13. The average molecular weight is 355 g/mol. The summed E-state index contributed by atoms with van der Waals surface area (Å²) in [6.07, 6.45) is 0. The largest absolute Gasteiger partial charge is 0.439 e. The van der Waals surface area contributed by atoms with Gasteiger partial charge in [-0.2, -0.15) is 0 Å². The monoisotopic (exact) mass is 355 g/mol. The number of hydrogen-bond acceptors (Lipinski definition) is 5. The molecule has 5 aromatic rings. The summed E-state index contributed by atoms with van der Waals surface area (Å²) >= 11 is 0. The summed E-state index contributed by atoms with van der Waals surface area (Å²) in [5.41, 5.74) is 4.65. The molecular formula is C21H13N3O3. The quantitative estimate of drug-likeness (QED) is 0.515. The van der Waals surface area contributed by atoms with Crippen LogP contribution in [0.15, 0.2) is 86.6 Å². The third kappa shape index (κ3) is 2.73. The van der Waals surface area contributed by atoms with Crippen molar-refractivity contribution in [2.75, 3.05) is 0 Å². The maximum Gasteiger partial charge on any atom is 0.439 e. The van der Waals surface area contributed by atoms with E-state index in [4.69, 9.17) is 4.52 Å². The topological polar surface area (TPSA) is 84.9 Å². The predicted molar refractivity (Wildman–Crippen MR) is 101 cm³/mol. The lowest BCUT2D eigenvalue weighted by Crippen LogP contribution is -1.94. The first-order valence-electron chi connectivity index (χ1n) is 8.39. The minimum Gasteiger partial charge on any atom is -0.355 e. The van der Waals surface area contributed by atoms with Crippen LogP contribution >= 0.6 is 0 Å². The van der Waals surface area contributed by atoms with Gasteiger partial charge < -0.3 is 4.52 Å². The summed E-state index contributed by atoms with van der Waals surface area (Å²) < 4.78 is 10.2. The van der Waals surface area contributed by atoms with Gasteiger partial charge in [-0.25, -0.2) is 4.79 Å². The Labute approximate surface area is 153 Å². The van der Waals surface area contributed by atoms with Crippen LogP contribution in [0.25, 0.3) is 44.7 Å². The summed E-state index contributed by atoms with van der Waals surface area (Å²) in [5, 5.41) is 8.69. The summed E-state index contributed by atoms with van der Waals surface area (Å²) in [6.45, 7) is 0. The molecule has 0 aliphatic rings. The van der Waals surface area contributed by atoms with Gasteiger partial charge in [-0.05, 0) is 29.3 Å². The molecule has 2 aromatic heterocycles. The van der Waals surface area contributed by atoms with Gasteiger partial charge in [-0.15, -0.1) is 0 Å². The number of nitrogens with one attached hydrogen (secondary N) is 1. The number of H-pyrrole nitrogens is 1. The fourth-order valence-corrected chi connectivity index (χ4v) is 3.10. The van der Waals surface area contributed by atoms with Gasteiger partial charge >= 0.3 is 5.76 Å². The molecule has 0 atom stereocenters. The lowest BCUT2D eigenvalue weighted by molar-refractivity contribution is 0.388. The first kappa shape index (κ1) is 15.3. The third-order valence-corrected chi connectivity index (χ3v) is 4.44. The van der Waals surface area contributed by atoms with Crippen LogP contribution in [0.3, 0.4) is 0 Å². The van der Waals surface area contributed by atoms with Crippen LogP contribution in [-0.2, 0) is 0 Å². The molecule has 0 saturated carbocycles. The van der Waals surface area contributed by atoms with Gasteiger partial charge in [0.1, 0.15) is 5.52 Å². The number of hydrogen-bond donors (Lipinski definition) is 1. The van der Waals surface area contributed by atoms with Crippen molar-refractivity contribution >= 4 is 10.9 Å². The van der Waals surface area contributed by atoms with Crippen molar-refractivity contribution in [1.82, 2.24) is 15.3 Å². The molecule has 6 heteroatoms. The Morgan fingerprint density at radius 2 is 1.41 bits per heavy atom. The number of fused-ring (bicyclic) bond motifs is 1. The van der Waals surface area contributed by atoms with Gasteiger partial charge in [-0.3, -0.25) is 9.51 Å². The Bertz CT molecular complexity index is 1280. The minimum atomic E-state index is -0.591. The average Bonchev–Trinajstić information content (AvgIpc) is 3.34. The van der Waals surface area contributed by atoms with Crippen molar-refractivity contribution in [3.05, 3.63) is 83.3 Å². The summed E-state index contributed by atoms with van der Waals surface area (Å²) in [7, 11) is 0. The number of rotatable bonds is 3. The molecule has 130 valence electrons. The van der Waals surface area contributed by atoms with Crippen molar-refractivity contribution in [2.45, 2.75) is 0 Å². The van der Waals surface area contributed by atoms with Crippen LogP contribution in [0.4, 0.5) is 0 Å². The molecule has 0 aliphatic carbocycles. The van der Waals surface area contributed by atoms with Gasteiger partial charge in [0.05, 0.1) is 5.39 Å². The highest BCUT2D eigenvalue weighted by Crippen LogP contribution is 2.32. The molecule has 0 unspecified atom stereocenters. The molecule has 0 saturated heterocycles. The van der Waals surface area contributed by atoms with Crippen molar-refractivity contribution in [2.24, 2.45) is 0 Å². The molecule has 1 N–H and O–H groups in total. The van der Waals surface area contributed by atoms with Crippen molar-refractivity contribution in [3.8, 4) is 33.8 Å². The SMILES string of the molecule is O=c1[nH]c(-c2ccc3noc(-c4ccc(-c5ccccc5)cc4)c3c2)no1. The minimum absolute atomic E-state index is 0.369. The summed E-state index contributed by atoms with van der Waals surface area (Å²) in [5.74, 6) is 0.443. The Kier molecular flexibility index (Phi) is 3.47. The van der Waals surface area contributed by atoms with Crippen LogP contribution in [0.2, 0.25) is 0 Å². The number of aromatic nitrogens is 3.